The molecule has 1 atom stereocenters. The van der Waals surface area contributed by atoms with Crippen molar-refractivity contribution in [3.05, 3.63) is 23.8 Å². The van der Waals surface area contributed by atoms with E-state index in [4.69, 9.17) is 9.47 Å². The minimum atomic E-state index is -0.0855. The molecule has 2 rings (SSSR count). The predicted molar refractivity (Wildman–Crippen MR) is 74.7 cm³/mol. The van der Waals surface area contributed by atoms with Crippen LogP contribution in [-0.2, 0) is 0 Å². The summed E-state index contributed by atoms with van der Waals surface area (Å²) in [6, 6.07) is 6.10. The van der Waals surface area contributed by atoms with Crippen LogP contribution in [-0.4, -0.2) is 32.0 Å². The van der Waals surface area contributed by atoms with Crippen molar-refractivity contribution >= 4 is 0 Å². The maximum Gasteiger partial charge on any atom is 0.127 e. The second-order valence-corrected chi connectivity index (χ2v) is 5.23. The first-order valence-electron chi connectivity index (χ1n) is 6.77. The van der Waals surface area contributed by atoms with Crippen LogP contribution in [0.25, 0.3) is 0 Å². The predicted octanol–water partition coefficient (Wildman–Crippen LogP) is 2.13. The van der Waals surface area contributed by atoms with Gasteiger partial charge in [0.05, 0.1) is 20.3 Å². The Labute approximate surface area is 114 Å². The van der Waals surface area contributed by atoms with Gasteiger partial charge in [-0.3, -0.25) is 0 Å². The lowest BCUT2D eigenvalue weighted by Crippen LogP contribution is -2.37. The van der Waals surface area contributed by atoms with E-state index in [1.165, 1.54) is 0 Å². The summed E-state index contributed by atoms with van der Waals surface area (Å²) < 4.78 is 10.6. The Morgan fingerprint density at radius 2 is 2.05 bits per heavy atom. The van der Waals surface area contributed by atoms with Crippen LogP contribution in [0.3, 0.4) is 0 Å². The minimum absolute atomic E-state index is 0.0855. The van der Waals surface area contributed by atoms with Crippen LogP contribution in [0.4, 0.5) is 0 Å². The normalized spacial score (nSPS) is 23.6. The number of benzene rings is 1. The van der Waals surface area contributed by atoms with Crippen LogP contribution < -0.4 is 14.8 Å². The molecule has 0 bridgehead atoms. The highest BCUT2D eigenvalue weighted by Gasteiger charge is 2.27. The van der Waals surface area contributed by atoms with Gasteiger partial charge in [-0.25, -0.2) is 0 Å². The fourth-order valence-corrected chi connectivity index (χ4v) is 2.50. The highest BCUT2D eigenvalue weighted by atomic mass is 16.5. The van der Waals surface area contributed by atoms with Gasteiger partial charge in [0.15, 0.2) is 0 Å². The van der Waals surface area contributed by atoms with Gasteiger partial charge >= 0.3 is 0 Å². The molecule has 0 aliphatic heterocycles. The fraction of sp³-hybridized carbons (Fsp3) is 0.600. The molecule has 1 unspecified atom stereocenters. The number of methoxy groups -OCH3 is 2. The average molecular weight is 265 g/mol. The second kappa shape index (κ2) is 6.26. The summed E-state index contributed by atoms with van der Waals surface area (Å²) in [5.41, 5.74) is 1.13. The molecule has 1 aromatic rings. The minimum Gasteiger partial charge on any atom is -0.497 e. The fourth-order valence-electron chi connectivity index (χ4n) is 2.50. The number of aliphatic hydroxyl groups excluding tert-OH is 1. The first-order valence-corrected chi connectivity index (χ1v) is 6.77. The average Bonchev–Trinajstić information content (AvgIpc) is 2.41. The molecule has 1 fully saturated rings. The Morgan fingerprint density at radius 1 is 1.32 bits per heavy atom. The van der Waals surface area contributed by atoms with E-state index in [2.05, 4.69) is 12.2 Å². The summed E-state index contributed by atoms with van der Waals surface area (Å²) in [6.45, 7) is 3.06. The molecule has 0 saturated heterocycles. The quantitative estimate of drug-likeness (QED) is 0.827. The summed E-state index contributed by atoms with van der Waals surface area (Å²) in [7, 11) is 3.32. The smallest absolute Gasteiger partial charge is 0.127 e. The summed E-state index contributed by atoms with van der Waals surface area (Å²) in [5, 5.41) is 12.8. The molecule has 106 valence electrons. The molecular weight excluding hydrogens is 242 g/mol. The molecule has 1 saturated carbocycles. The number of hydrogen-bond donors (Lipinski definition) is 2. The van der Waals surface area contributed by atoms with Crippen LogP contribution in [0.5, 0.6) is 11.5 Å². The van der Waals surface area contributed by atoms with Gasteiger partial charge in [-0.05, 0) is 38.3 Å². The van der Waals surface area contributed by atoms with Crippen molar-refractivity contribution in [1.29, 1.82) is 0 Å². The molecule has 4 nitrogen and oxygen atoms in total. The number of ether oxygens (including phenoxy) is 2. The van der Waals surface area contributed by atoms with E-state index in [1.807, 2.05) is 18.2 Å². The van der Waals surface area contributed by atoms with Crippen molar-refractivity contribution in [1.82, 2.24) is 5.32 Å². The number of hydrogen-bond acceptors (Lipinski definition) is 4. The van der Waals surface area contributed by atoms with Crippen LogP contribution in [0.15, 0.2) is 18.2 Å². The Balaban J connectivity index is 1.95. The van der Waals surface area contributed by atoms with Crippen molar-refractivity contribution < 1.29 is 14.6 Å². The van der Waals surface area contributed by atoms with Gasteiger partial charge in [-0.1, -0.05) is 6.07 Å². The van der Waals surface area contributed by atoms with Gasteiger partial charge in [-0.15, -0.1) is 0 Å². The summed E-state index contributed by atoms with van der Waals surface area (Å²) in [5.74, 6) is 2.24. The third-order valence-electron chi connectivity index (χ3n) is 3.83. The lowest BCUT2D eigenvalue weighted by molar-refractivity contribution is 0.0420. The van der Waals surface area contributed by atoms with Crippen LogP contribution >= 0.6 is 0 Å². The molecule has 1 aliphatic rings. The van der Waals surface area contributed by atoms with Gasteiger partial charge in [0.1, 0.15) is 11.5 Å². The molecule has 2 N–H and O–H groups in total. The second-order valence-electron chi connectivity index (χ2n) is 5.23. The van der Waals surface area contributed by atoms with E-state index in [-0.39, 0.29) is 12.1 Å². The zero-order valence-electron chi connectivity index (χ0n) is 11.8. The molecular formula is C15H23NO3. The van der Waals surface area contributed by atoms with E-state index in [0.29, 0.717) is 5.92 Å². The first-order chi connectivity index (χ1) is 9.13. The maximum atomic E-state index is 9.28. The van der Waals surface area contributed by atoms with Crippen molar-refractivity contribution in [2.45, 2.75) is 31.9 Å². The van der Waals surface area contributed by atoms with Crippen LogP contribution in [0.2, 0.25) is 0 Å². The van der Waals surface area contributed by atoms with Crippen molar-refractivity contribution in [3.8, 4) is 11.5 Å². The number of aliphatic hydroxyl groups is 1. The largest absolute Gasteiger partial charge is 0.497 e. The highest BCUT2D eigenvalue weighted by molar-refractivity contribution is 5.42. The number of rotatable bonds is 6. The van der Waals surface area contributed by atoms with E-state index >= 15 is 0 Å². The Morgan fingerprint density at radius 3 is 2.63 bits per heavy atom. The molecule has 0 heterocycles. The standard InChI is InChI=1S/C15H23NO3/c1-10(16-9-11-6-12(17)7-11)14-5-4-13(18-2)8-15(14)19-3/h4-5,8,10-12,16-17H,6-7,9H2,1-3H3. The lowest BCUT2D eigenvalue weighted by atomic mass is 9.82. The van der Waals surface area contributed by atoms with Gasteiger partial charge in [0, 0.05) is 17.7 Å². The summed E-state index contributed by atoms with van der Waals surface area (Å²) >= 11 is 0. The Kier molecular flexibility index (Phi) is 4.66. The van der Waals surface area contributed by atoms with Gasteiger partial charge in [0.2, 0.25) is 0 Å². The zero-order valence-corrected chi connectivity index (χ0v) is 11.8. The van der Waals surface area contributed by atoms with Crippen molar-refractivity contribution in [2.75, 3.05) is 20.8 Å². The number of nitrogens with one attached hydrogen (secondary N) is 1. The topological polar surface area (TPSA) is 50.7 Å². The van der Waals surface area contributed by atoms with Crippen molar-refractivity contribution in [3.63, 3.8) is 0 Å². The van der Waals surface area contributed by atoms with Crippen LogP contribution in [0, 0.1) is 5.92 Å². The zero-order chi connectivity index (χ0) is 13.8. The van der Waals surface area contributed by atoms with Crippen LogP contribution in [0.1, 0.15) is 31.4 Å². The van der Waals surface area contributed by atoms with E-state index in [9.17, 15) is 5.11 Å². The third kappa shape index (κ3) is 3.39. The molecule has 0 amide bonds. The maximum absolute atomic E-state index is 9.28. The van der Waals surface area contributed by atoms with E-state index < -0.39 is 0 Å². The molecule has 4 heteroatoms. The van der Waals surface area contributed by atoms with Gasteiger partial charge < -0.3 is 19.9 Å². The SMILES string of the molecule is COc1ccc(C(C)NCC2CC(O)C2)c(OC)c1. The molecule has 0 radical (unpaired) electrons. The molecule has 0 aromatic heterocycles. The summed E-state index contributed by atoms with van der Waals surface area (Å²) in [4.78, 5) is 0. The molecule has 19 heavy (non-hydrogen) atoms. The molecule has 1 aromatic carbocycles. The third-order valence-corrected chi connectivity index (χ3v) is 3.83. The van der Waals surface area contributed by atoms with E-state index in [1.54, 1.807) is 14.2 Å². The van der Waals surface area contributed by atoms with Crippen molar-refractivity contribution in [2.24, 2.45) is 5.92 Å². The molecule has 0 spiro atoms. The monoisotopic (exact) mass is 265 g/mol. The Bertz CT molecular complexity index is 416. The van der Waals surface area contributed by atoms with Gasteiger partial charge in [-0.2, -0.15) is 0 Å². The first kappa shape index (κ1) is 14.2. The Hall–Kier alpha value is -1.26. The van der Waals surface area contributed by atoms with Gasteiger partial charge in [0.25, 0.3) is 0 Å². The highest BCUT2D eigenvalue weighted by Crippen LogP contribution is 2.31. The molecule has 1 aliphatic carbocycles. The lowest BCUT2D eigenvalue weighted by Gasteiger charge is -2.32. The van der Waals surface area contributed by atoms with E-state index in [0.717, 1.165) is 36.4 Å². The summed E-state index contributed by atoms with van der Waals surface area (Å²) in [6.07, 6.45) is 1.75.